The molecule has 1 heterocycles. The Balaban J connectivity index is 1.27. The minimum atomic E-state index is -3.96. The number of nitrogens with one attached hydrogen (secondary N) is 1. The van der Waals surface area contributed by atoms with Gasteiger partial charge in [0, 0.05) is 19.2 Å². The predicted molar refractivity (Wildman–Crippen MR) is 117 cm³/mol. The highest BCUT2D eigenvalue weighted by molar-refractivity contribution is 7.87. The maximum Gasteiger partial charge on any atom is 0.304 e. The van der Waals surface area contributed by atoms with E-state index in [0.29, 0.717) is 49.4 Å². The van der Waals surface area contributed by atoms with Gasteiger partial charge in [0.25, 0.3) is 5.91 Å². The highest BCUT2D eigenvalue weighted by atomic mass is 32.2. The van der Waals surface area contributed by atoms with Gasteiger partial charge >= 0.3 is 10.2 Å². The van der Waals surface area contributed by atoms with Gasteiger partial charge in [0.05, 0.1) is 5.56 Å². The zero-order valence-electron chi connectivity index (χ0n) is 18.5. The molecule has 9 heteroatoms. The lowest BCUT2D eigenvalue weighted by atomic mass is 9.77. The van der Waals surface area contributed by atoms with E-state index in [0.717, 1.165) is 48.4 Å². The maximum atomic E-state index is 15.1. The van der Waals surface area contributed by atoms with E-state index in [4.69, 9.17) is 4.74 Å². The van der Waals surface area contributed by atoms with E-state index in [1.807, 2.05) is 4.72 Å². The summed E-state index contributed by atoms with van der Waals surface area (Å²) in [5.41, 5.74) is 0.478. The molecule has 4 saturated carbocycles. The number of carbonyl (C=O) groups excluding carboxylic acids is 1. The van der Waals surface area contributed by atoms with Crippen LogP contribution in [0.2, 0.25) is 0 Å². The van der Waals surface area contributed by atoms with E-state index in [2.05, 4.69) is 0 Å². The standard InChI is InChI=1S/C24H30F2N2O4S/c25-18-9-15-8-16-6-14(15)7-17(10-18)23(16)32-22-12-21(26)20(11-19(22)13-2-3-13)24(29)27-33(30,31)28-4-1-5-28/h11-18,23H,1-10H2,(H,27,29)/t14?,15?,16?,17?,18?,23-/m0/s1. The normalized spacial score (nSPS) is 35.7. The summed E-state index contributed by atoms with van der Waals surface area (Å²) < 4.78 is 63.8. The van der Waals surface area contributed by atoms with E-state index in [1.54, 1.807) is 0 Å². The van der Waals surface area contributed by atoms with Gasteiger partial charge in [-0.2, -0.15) is 12.7 Å². The van der Waals surface area contributed by atoms with Crippen LogP contribution < -0.4 is 9.46 Å². The minimum Gasteiger partial charge on any atom is -0.489 e. The molecule has 0 radical (unpaired) electrons. The third-order valence-corrected chi connectivity index (χ3v) is 10.0. The van der Waals surface area contributed by atoms with Gasteiger partial charge in [0.15, 0.2) is 0 Å². The summed E-state index contributed by atoms with van der Waals surface area (Å²) in [5, 5.41) is 0. The van der Waals surface area contributed by atoms with E-state index in [9.17, 15) is 17.6 Å². The van der Waals surface area contributed by atoms with Crippen molar-refractivity contribution >= 4 is 16.1 Å². The number of rotatable bonds is 6. The van der Waals surface area contributed by atoms with Gasteiger partial charge in [-0.3, -0.25) is 4.79 Å². The van der Waals surface area contributed by atoms with Crippen LogP contribution in [-0.4, -0.2) is 44.0 Å². The molecule has 5 aliphatic rings. The molecule has 33 heavy (non-hydrogen) atoms. The van der Waals surface area contributed by atoms with Crippen molar-refractivity contribution in [1.82, 2.24) is 9.03 Å². The van der Waals surface area contributed by atoms with Gasteiger partial charge in [-0.05, 0) is 92.6 Å². The number of amides is 1. The molecule has 1 amide bonds. The van der Waals surface area contributed by atoms with Gasteiger partial charge in [0.2, 0.25) is 0 Å². The monoisotopic (exact) mass is 480 g/mol. The van der Waals surface area contributed by atoms with E-state index < -0.39 is 28.1 Å². The molecular weight excluding hydrogens is 450 g/mol. The minimum absolute atomic E-state index is 0.131. The van der Waals surface area contributed by atoms with Crippen molar-refractivity contribution in [2.75, 3.05) is 13.1 Å². The fraction of sp³-hybridized carbons (Fsp3) is 0.708. The Morgan fingerprint density at radius 1 is 1.00 bits per heavy atom. The summed E-state index contributed by atoms with van der Waals surface area (Å²) in [4.78, 5) is 12.7. The number of hydrogen-bond acceptors (Lipinski definition) is 4. The van der Waals surface area contributed by atoms with Crippen molar-refractivity contribution < 1.29 is 26.7 Å². The Morgan fingerprint density at radius 2 is 1.64 bits per heavy atom. The molecule has 6 atom stereocenters. The first kappa shape index (κ1) is 21.8. The van der Waals surface area contributed by atoms with Crippen LogP contribution in [0, 0.1) is 29.5 Å². The van der Waals surface area contributed by atoms with Crippen LogP contribution in [0.1, 0.15) is 73.2 Å². The Bertz CT molecular complexity index is 1070. The first-order valence-electron chi connectivity index (χ1n) is 12.2. The van der Waals surface area contributed by atoms with Crippen LogP contribution in [-0.2, 0) is 10.2 Å². The van der Waals surface area contributed by atoms with Crippen LogP contribution in [0.3, 0.4) is 0 Å². The summed E-state index contributed by atoms with van der Waals surface area (Å²) in [7, 11) is -3.96. The molecule has 1 aliphatic heterocycles. The largest absolute Gasteiger partial charge is 0.489 e. The lowest BCUT2D eigenvalue weighted by Gasteiger charge is -2.37. The highest BCUT2D eigenvalue weighted by Crippen LogP contribution is 2.55. The smallest absolute Gasteiger partial charge is 0.304 e. The summed E-state index contributed by atoms with van der Waals surface area (Å²) in [6.45, 7) is 0.715. The number of benzene rings is 1. The third-order valence-electron chi connectivity index (χ3n) is 8.53. The van der Waals surface area contributed by atoms with Crippen molar-refractivity contribution in [1.29, 1.82) is 0 Å². The zero-order chi connectivity index (χ0) is 22.9. The van der Waals surface area contributed by atoms with Crippen molar-refractivity contribution in [2.24, 2.45) is 23.7 Å². The summed E-state index contributed by atoms with van der Waals surface area (Å²) >= 11 is 0. The second kappa shape index (κ2) is 7.90. The molecule has 1 N–H and O–H groups in total. The summed E-state index contributed by atoms with van der Waals surface area (Å²) in [5.74, 6) is 0.372. The Morgan fingerprint density at radius 3 is 2.27 bits per heavy atom. The molecule has 6 nitrogen and oxygen atoms in total. The molecular formula is C24H30F2N2O4S. The second-order valence-electron chi connectivity index (χ2n) is 10.7. The molecule has 5 fully saturated rings. The molecule has 1 aromatic rings. The average molecular weight is 481 g/mol. The van der Waals surface area contributed by atoms with Crippen LogP contribution in [0.25, 0.3) is 0 Å². The maximum absolute atomic E-state index is 15.1. The number of halogens is 2. The van der Waals surface area contributed by atoms with Gasteiger partial charge in [0.1, 0.15) is 23.8 Å². The first-order valence-corrected chi connectivity index (χ1v) is 13.7. The highest BCUT2D eigenvalue weighted by Gasteiger charge is 2.51. The second-order valence-corrected chi connectivity index (χ2v) is 12.4. The Hall–Kier alpha value is -1.74. The van der Waals surface area contributed by atoms with Crippen molar-refractivity contribution in [3.8, 4) is 5.75 Å². The number of hydrogen-bond donors (Lipinski definition) is 1. The Labute approximate surface area is 193 Å². The number of alkyl halides is 1. The third kappa shape index (κ3) is 3.95. The topological polar surface area (TPSA) is 75.7 Å². The summed E-state index contributed by atoms with van der Waals surface area (Å²) in [6, 6.07) is 2.71. The predicted octanol–water partition coefficient (Wildman–Crippen LogP) is 3.93. The molecule has 3 bridgehead atoms. The SMILES string of the molecule is O=C(NS(=O)(=O)N1CCC1)c1cc(C2CC2)c(O[C@@H]2C3CC(F)CC4CC2CC4C3)cc1F. The first-order chi connectivity index (χ1) is 15.8. The van der Waals surface area contributed by atoms with E-state index in [-0.39, 0.29) is 23.5 Å². The molecule has 1 saturated heterocycles. The molecule has 0 spiro atoms. The molecule has 180 valence electrons. The number of fused-ring (bicyclic) bond motifs is 2. The Kier molecular flexibility index (Phi) is 5.21. The zero-order valence-corrected chi connectivity index (χ0v) is 19.3. The van der Waals surface area contributed by atoms with Crippen molar-refractivity contribution in [3.05, 3.63) is 29.1 Å². The quantitative estimate of drug-likeness (QED) is 0.670. The van der Waals surface area contributed by atoms with E-state index in [1.165, 1.54) is 12.1 Å². The number of nitrogens with zero attached hydrogens (tertiary/aromatic N) is 1. The number of carbonyl (C=O) groups is 1. The van der Waals surface area contributed by atoms with Crippen LogP contribution >= 0.6 is 0 Å². The van der Waals surface area contributed by atoms with Crippen LogP contribution in [0.15, 0.2) is 12.1 Å². The molecule has 6 rings (SSSR count). The van der Waals surface area contributed by atoms with Crippen LogP contribution in [0.4, 0.5) is 8.78 Å². The van der Waals surface area contributed by atoms with Gasteiger partial charge < -0.3 is 4.74 Å². The molecule has 4 aliphatic carbocycles. The average Bonchev–Trinajstić information content (AvgIpc) is 3.48. The van der Waals surface area contributed by atoms with Crippen molar-refractivity contribution in [2.45, 2.75) is 69.6 Å². The number of ether oxygens (including phenoxy) is 1. The van der Waals surface area contributed by atoms with Gasteiger partial charge in [-0.25, -0.2) is 13.5 Å². The summed E-state index contributed by atoms with van der Waals surface area (Å²) in [6.07, 6.45) is 5.82. The lowest BCUT2D eigenvalue weighted by Crippen LogP contribution is -2.49. The van der Waals surface area contributed by atoms with E-state index >= 15 is 4.39 Å². The van der Waals surface area contributed by atoms with Gasteiger partial charge in [-0.15, -0.1) is 0 Å². The van der Waals surface area contributed by atoms with Crippen LogP contribution in [0.5, 0.6) is 5.75 Å². The van der Waals surface area contributed by atoms with Gasteiger partial charge in [-0.1, -0.05) is 0 Å². The fourth-order valence-electron chi connectivity index (χ4n) is 6.66. The fourth-order valence-corrected chi connectivity index (χ4v) is 7.87. The van der Waals surface area contributed by atoms with Crippen molar-refractivity contribution in [3.63, 3.8) is 0 Å². The molecule has 0 aromatic heterocycles. The molecule has 1 aromatic carbocycles. The lowest BCUT2D eigenvalue weighted by molar-refractivity contribution is 0.0288. The molecule has 5 unspecified atom stereocenters.